The lowest BCUT2D eigenvalue weighted by molar-refractivity contribution is 0.148. The number of aryl methyl sites for hydroxylation is 1. The monoisotopic (exact) mass is 327 g/mol. The van der Waals surface area contributed by atoms with E-state index in [2.05, 4.69) is 16.3 Å². The largest absolute Gasteiger partial charge is 0.322 e. The number of allylic oxidation sites excluding steroid dienone is 1. The van der Waals surface area contributed by atoms with E-state index in [-0.39, 0.29) is 6.03 Å². The fraction of sp³-hybridized carbons (Fsp3) is 0.550. The molecule has 0 radical (unpaired) electrons. The van der Waals surface area contributed by atoms with Crippen LogP contribution in [0.4, 0.5) is 10.5 Å². The molecule has 1 fully saturated rings. The van der Waals surface area contributed by atoms with Gasteiger partial charge in [0.1, 0.15) is 0 Å². The van der Waals surface area contributed by atoms with Crippen molar-refractivity contribution >= 4 is 11.7 Å². The minimum Gasteiger partial charge on any atom is -0.322 e. The lowest BCUT2D eigenvalue weighted by atomic mass is 9.97. The molecule has 1 aromatic rings. The van der Waals surface area contributed by atoms with Gasteiger partial charge >= 0.3 is 6.03 Å². The van der Waals surface area contributed by atoms with Crippen LogP contribution in [0.15, 0.2) is 35.9 Å². The zero-order valence-electron chi connectivity index (χ0n) is 14.8. The molecule has 0 unspecified atom stereocenters. The second-order valence-corrected chi connectivity index (χ2v) is 6.93. The molecule has 2 amide bonds. The van der Waals surface area contributed by atoms with Gasteiger partial charge in [-0.3, -0.25) is 4.90 Å². The normalized spacial score (nSPS) is 19.0. The Labute approximate surface area is 145 Å². The van der Waals surface area contributed by atoms with Crippen LogP contribution in [0.3, 0.4) is 0 Å². The van der Waals surface area contributed by atoms with Crippen LogP contribution in [-0.2, 0) is 0 Å². The molecule has 0 saturated carbocycles. The van der Waals surface area contributed by atoms with Crippen molar-refractivity contribution in [2.45, 2.75) is 39.0 Å². The van der Waals surface area contributed by atoms with Crippen molar-refractivity contribution in [3.8, 4) is 0 Å². The molecule has 1 aromatic carbocycles. The number of benzene rings is 1. The smallest absolute Gasteiger partial charge is 0.321 e. The van der Waals surface area contributed by atoms with Gasteiger partial charge in [-0.15, -0.1) is 0 Å². The molecular formula is C20H29N3O. The molecule has 1 aliphatic carbocycles. The highest BCUT2D eigenvalue weighted by Crippen LogP contribution is 2.20. The van der Waals surface area contributed by atoms with Gasteiger partial charge in [0.05, 0.1) is 0 Å². The van der Waals surface area contributed by atoms with Crippen LogP contribution in [0, 0.1) is 6.92 Å². The fourth-order valence-corrected chi connectivity index (χ4v) is 3.52. The molecule has 4 nitrogen and oxygen atoms in total. The van der Waals surface area contributed by atoms with Crippen LogP contribution in [0.2, 0.25) is 0 Å². The van der Waals surface area contributed by atoms with Crippen molar-refractivity contribution in [2.75, 3.05) is 38.0 Å². The first-order valence-electron chi connectivity index (χ1n) is 9.24. The number of carbonyl (C=O) groups excluding carboxylic acids is 1. The Balaban J connectivity index is 1.42. The van der Waals surface area contributed by atoms with Crippen LogP contribution in [0.25, 0.3) is 0 Å². The zero-order chi connectivity index (χ0) is 16.8. The van der Waals surface area contributed by atoms with Crippen molar-refractivity contribution in [3.63, 3.8) is 0 Å². The van der Waals surface area contributed by atoms with E-state index < -0.39 is 0 Å². The topological polar surface area (TPSA) is 35.6 Å². The Morgan fingerprint density at radius 3 is 2.62 bits per heavy atom. The Morgan fingerprint density at radius 2 is 1.92 bits per heavy atom. The average molecular weight is 327 g/mol. The van der Waals surface area contributed by atoms with Gasteiger partial charge < -0.3 is 10.2 Å². The van der Waals surface area contributed by atoms with Crippen molar-refractivity contribution in [2.24, 2.45) is 0 Å². The van der Waals surface area contributed by atoms with Crippen LogP contribution >= 0.6 is 0 Å². The molecule has 0 atom stereocenters. The summed E-state index contributed by atoms with van der Waals surface area (Å²) in [6.07, 6.45) is 8.92. The number of para-hydroxylation sites is 1. The number of urea groups is 1. The van der Waals surface area contributed by atoms with Gasteiger partial charge in [0.25, 0.3) is 0 Å². The minimum atomic E-state index is 0.0268. The van der Waals surface area contributed by atoms with Crippen LogP contribution < -0.4 is 5.32 Å². The Morgan fingerprint density at radius 1 is 1.12 bits per heavy atom. The fourth-order valence-electron chi connectivity index (χ4n) is 3.52. The molecule has 0 spiro atoms. The molecule has 1 aliphatic heterocycles. The Hall–Kier alpha value is -1.81. The SMILES string of the molecule is Cc1ccccc1NC(=O)N1CCN(CCC2=CCCCC2)CC1. The molecule has 4 heteroatoms. The van der Waals surface area contributed by atoms with Gasteiger partial charge in [-0.2, -0.15) is 0 Å². The van der Waals surface area contributed by atoms with E-state index in [4.69, 9.17) is 0 Å². The number of hydrogen-bond donors (Lipinski definition) is 1. The molecule has 0 bridgehead atoms. The summed E-state index contributed by atoms with van der Waals surface area (Å²) in [4.78, 5) is 16.8. The highest BCUT2D eigenvalue weighted by molar-refractivity contribution is 5.90. The molecule has 1 saturated heterocycles. The standard InChI is InChI=1S/C20H29N3O/c1-17-7-5-6-10-19(17)21-20(24)23-15-13-22(14-16-23)12-11-18-8-3-2-4-9-18/h5-8,10H,2-4,9,11-16H2,1H3,(H,21,24). The summed E-state index contributed by atoms with van der Waals surface area (Å²) in [6, 6.07) is 7.96. The van der Waals surface area contributed by atoms with E-state index in [1.165, 1.54) is 32.1 Å². The van der Waals surface area contributed by atoms with Crippen molar-refractivity contribution in [1.29, 1.82) is 0 Å². The number of amides is 2. The first-order chi connectivity index (χ1) is 11.7. The molecule has 2 aliphatic rings. The van der Waals surface area contributed by atoms with E-state index in [1.54, 1.807) is 5.57 Å². The number of anilines is 1. The number of carbonyl (C=O) groups is 1. The van der Waals surface area contributed by atoms with Gasteiger partial charge in [0.2, 0.25) is 0 Å². The third-order valence-electron chi connectivity index (χ3n) is 5.18. The van der Waals surface area contributed by atoms with Gasteiger partial charge in [0.15, 0.2) is 0 Å². The average Bonchev–Trinajstić information content (AvgIpc) is 2.63. The lowest BCUT2D eigenvalue weighted by Crippen LogP contribution is -2.50. The van der Waals surface area contributed by atoms with E-state index in [0.717, 1.165) is 44.0 Å². The van der Waals surface area contributed by atoms with Gasteiger partial charge in [0, 0.05) is 38.4 Å². The summed E-state index contributed by atoms with van der Waals surface area (Å²) in [6.45, 7) is 6.75. The number of rotatable bonds is 4. The predicted octanol–water partition coefficient (Wildman–Crippen LogP) is 4.04. The van der Waals surface area contributed by atoms with Gasteiger partial charge in [-0.1, -0.05) is 29.8 Å². The summed E-state index contributed by atoms with van der Waals surface area (Å²) in [5, 5.41) is 3.04. The van der Waals surface area contributed by atoms with E-state index in [1.807, 2.05) is 36.1 Å². The highest BCUT2D eigenvalue weighted by atomic mass is 16.2. The number of nitrogens with zero attached hydrogens (tertiary/aromatic N) is 2. The highest BCUT2D eigenvalue weighted by Gasteiger charge is 2.21. The van der Waals surface area contributed by atoms with Crippen LogP contribution in [-0.4, -0.2) is 48.6 Å². The minimum absolute atomic E-state index is 0.0268. The summed E-state index contributed by atoms with van der Waals surface area (Å²) in [7, 11) is 0. The van der Waals surface area contributed by atoms with Gasteiger partial charge in [-0.25, -0.2) is 4.79 Å². The number of nitrogens with one attached hydrogen (secondary N) is 1. The van der Waals surface area contributed by atoms with Crippen molar-refractivity contribution < 1.29 is 4.79 Å². The Kier molecular flexibility index (Phi) is 5.91. The van der Waals surface area contributed by atoms with Gasteiger partial charge in [-0.05, 0) is 50.7 Å². The Bertz CT molecular complexity index is 588. The summed E-state index contributed by atoms with van der Waals surface area (Å²) >= 11 is 0. The van der Waals surface area contributed by atoms with E-state index >= 15 is 0 Å². The second kappa shape index (κ2) is 8.34. The zero-order valence-corrected chi connectivity index (χ0v) is 14.8. The first-order valence-corrected chi connectivity index (χ1v) is 9.24. The van der Waals surface area contributed by atoms with Crippen molar-refractivity contribution in [3.05, 3.63) is 41.5 Å². The van der Waals surface area contributed by atoms with E-state index in [0.29, 0.717) is 0 Å². The van der Waals surface area contributed by atoms with Crippen LogP contribution in [0.1, 0.15) is 37.7 Å². The number of hydrogen-bond acceptors (Lipinski definition) is 2. The molecule has 130 valence electrons. The first kappa shape index (κ1) is 17.0. The molecule has 24 heavy (non-hydrogen) atoms. The maximum absolute atomic E-state index is 12.4. The van der Waals surface area contributed by atoms with Crippen molar-refractivity contribution in [1.82, 2.24) is 9.80 Å². The maximum atomic E-state index is 12.4. The molecular weight excluding hydrogens is 298 g/mol. The molecule has 1 N–H and O–H groups in total. The maximum Gasteiger partial charge on any atom is 0.321 e. The molecule has 3 rings (SSSR count). The van der Waals surface area contributed by atoms with E-state index in [9.17, 15) is 4.79 Å². The number of piperazine rings is 1. The summed E-state index contributed by atoms with van der Waals surface area (Å²) in [5.74, 6) is 0. The third kappa shape index (κ3) is 4.60. The van der Waals surface area contributed by atoms with Crippen LogP contribution in [0.5, 0.6) is 0 Å². The molecule has 0 aromatic heterocycles. The summed E-state index contributed by atoms with van der Waals surface area (Å²) < 4.78 is 0. The second-order valence-electron chi connectivity index (χ2n) is 6.93. The molecule has 1 heterocycles. The predicted molar refractivity (Wildman–Crippen MR) is 99.4 cm³/mol. The quantitative estimate of drug-likeness (QED) is 0.847. The summed E-state index contributed by atoms with van der Waals surface area (Å²) in [5.41, 5.74) is 3.65. The lowest BCUT2D eigenvalue weighted by Gasteiger charge is -2.35. The third-order valence-corrected chi connectivity index (χ3v) is 5.18.